The lowest BCUT2D eigenvalue weighted by molar-refractivity contribution is -0.109. The van der Waals surface area contributed by atoms with Crippen LogP contribution in [0.2, 0.25) is 5.02 Å². The van der Waals surface area contributed by atoms with Gasteiger partial charge in [-0.15, -0.1) is 0 Å². The van der Waals surface area contributed by atoms with Gasteiger partial charge in [0, 0.05) is 23.4 Å². The van der Waals surface area contributed by atoms with Crippen molar-refractivity contribution in [1.82, 2.24) is 0 Å². The van der Waals surface area contributed by atoms with Crippen LogP contribution in [0.4, 0.5) is 0 Å². The van der Waals surface area contributed by atoms with Gasteiger partial charge < -0.3 is 0 Å². The van der Waals surface area contributed by atoms with E-state index in [9.17, 15) is 4.79 Å². The molecule has 0 aliphatic carbocycles. The highest BCUT2D eigenvalue weighted by molar-refractivity contribution is 8.13. The summed E-state index contributed by atoms with van der Waals surface area (Å²) in [6.45, 7) is 1.59. The summed E-state index contributed by atoms with van der Waals surface area (Å²) in [7, 11) is 0. The summed E-state index contributed by atoms with van der Waals surface area (Å²) in [6, 6.07) is 16.3. The van der Waals surface area contributed by atoms with E-state index >= 15 is 0 Å². The molecular weight excluding hydrogens is 312 g/mol. The van der Waals surface area contributed by atoms with Crippen LogP contribution < -0.4 is 0 Å². The maximum atomic E-state index is 11.0. The first kappa shape index (κ1) is 15.1. The van der Waals surface area contributed by atoms with Gasteiger partial charge in [0.15, 0.2) is 5.12 Å². The number of hydrogen-bond acceptors (Lipinski definition) is 2. The second-order valence-electron chi connectivity index (χ2n) is 5.02. The van der Waals surface area contributed by atoms with Crippen LogP contribution >= 0.6 is 23.4 Å². The number of rotatable bonds is 3. The van der Waals surface area contributed by atoms with Gasteiger partial charge in [-0.1, -0.05) is 84.0 Å². The molecule has 0 aromatic heterocycles. The zero-order valence-corrected chi connectivity index (χ0v) is 13.7. The molecule has 1 nitrogen and oxygen atoms in total. The van der Waals surface area contributed by atoms with Crippen molar-refractivity contribution in [2.45, 2.75) is 6.92 Å². The van der Waals surface area contributed by atoms with Crippen molar-refractivity contribution < 1.29 is 4.79 Å². The standard InChI is InChI=1S/C19H15ClOS/c1-13(21)22-12-6-11-14-15-7-2-4-9-17(15)19(20)18-10-5-3-8-16(14)18/h2-11H,12H2,1H3. The van der Waals surface area contributed by atoms with E-state index in [4.69, 9.17) is 11.6 Å². The first-order valence-corrected chi connectivity index (χ1v) is 8.43. The van der Waals surface area contributed by atoms with Crippen LogP contribution in [0.15, 0.2) is 54.6 Å². The average Bonchev–Trinajstić information content (AvgIpc) is 2.54. The molecule has 3 aromatic carbocycles. The zero-order chi connectivity index (χ0) is 15.5. The van der Waals surface area contributed by atoms with Gasteiger partial charge in [-0.05, 0) is 16.3 Å². The highest BCUT2D eigenvalue weighted by Crippen LogP contribution is 2.36. The maximum absolute atomic E-state index is 11.0. The zero-order valence-electron chi connectivity index (χ0n) is 12.2. The minimum absolute atomic E-state index is 0.135. The number of hydrogen-bond donors (Lipinski definition) is 0. The SMILES string of the molecule is CC(=O)SCC=Cc1c2ccccc2c(Cl)c2ccccc12. The molecule has 0 N–H and O–H groups in total. The number of carbonyl (C=O) groups is 1. The Morgan fingerprint density at radius 1 is 1.00 bits per heavy atom. The summed E-state index contributed by atoms with van der Waals surface area (Å²) < 4.78 is 0. The summed E-state index contributed by atoms with van der Waals surface area (Å²) in [6.07, 6.45) is 4.13. The first-order chi connectivity index (χ1) is 10.7. The summed E-state index contributed by atoms with van der Waals surface area (Å²) in [5, 5.41) is 5.31. The third kappa shape index (κ3) is 2.90. The quantitative estimate of drug-likeness (QED) is 0.554. The monoisotopic (exact) mass is 326 g/mol. The number of carbonyl (C=O) groups excluding carboxylic acids is 1. The minimum atomic E-state index is 0.135. The lowest BCUT2D eigenvalue weighted by atomic mass is 9.96. The Balaban J connectivity index is 2.20. The van der Waals surface area contributed by atoms with Gasteiger partial charge in [-0.3, -0.25) is 4.79 Å². The number of halogens is 1. The molecule has 0 spiro atoms. The van der Waals surface area contributed by atoms with E-state index in [1.54, 1.807) is 6.92 Å². The van der Waals surface area contributed by atoms with Gasteiger partial charge in [-0.2, -0.15) is 0 Å². The van der Waals surface area contributed by atoms with Crippen molar-refractivity contribution in [2.75, 3.05) is 5.75 Å². The van der Waals surface area contributed by atoms with E-state index in [2.05, 4.69) is 18.2 Å². The van der Waals surface area contributed by atoms with Gasteiger partial charge in [0.1, 0.15) is 0 Å². The minimum Gasteiger partial charge on any atom is -0.288 e. The third-order valence-corrected chi connectivity index (χ3v) is 4.75. The van der Waals surface area contributed by atoms with Crippen molar-refractivity contribution >= 4 is 56.1 Å². The predicted molar refractivity (Wildman–Crippen MR) is 98.6 cm³/mol. The Hall–Kier alpha value is -1.77. The Kier molecular flexibility index (Phi) is 4.51. The van der Waals surface area contributed by atoms with Crippen LogP contribution in [-0.4, -0.2) is 10.9 Å². The average molecular weight is 327 g/mol. The fourth-order valence-corrected chi connectivity index (χ4v) is 3.38. The van der Waals surface area contributed by atoms with Crippen molar-refractivity contribution in [1.29, 1.82) is 0 Å². The molecule has 0 atom stereocenters. The molecular formula is C19H15ClOS. The molecule has 0 bridgehead atoms. The molecule has 0 radical (unpaired) electrons. The molecule has 3 aromatic rings. The van der Waals surface area contributed by atoms with Crippen LogP contribution in [0.25, 0.3) is 27.6 Å². The fraction of sp³-hybridized carbons (Fsp3) is 0.105. The van der Waals surface area contributed by atoms with Crippen molar-refractivity contribution in [2.24, 2.45) is 0 Å². The molecule has 0 fully saturated rings. The molecule has 0 aliphatic heterocycles. The first-order valence-electron chi connectivity index (χ1n) is 7.07. The molecule has 0 amide bonds. The summed E-state index contributed by atoms with van der Waals surface area (Å²) >= 11 is 7.89. The highest BCUT2D eigenvalue weighted by Gasteiger charge is 2.09. The van der Waals surface area contributed by atoms with Crippen LogP contribution in [0, 0.1) is 0 Å². The second-order valence-corrected chi connectivity index (χ2v) is 6.60. The Morgan fingerprint density at radius 3 is 2.00 bits per heavy atom. The fourth-order valence-electron chi connectivity index (χ4n) is 2.62. The van der Waals surface area contributed by atoms with Gasteiger partial charge in [0.2, 0.25) is 0 Å². The van der Waals surface area contributed by atoms with E-state index in [-0.39, 0.29) is 5.12 Å². The molecule has 0 saturated carbocycles. The second kappa shape index (κ2) is 6.55. The normalized spacial score (nSPS) is 11.5. The summed E-state index contributed by atoms with van der Waals surface area (Å²) in [4.78, 5) is 11.0. The maximum Gasteiger partial charge on any atom is 0.186 e. The smallest absolute Gasteiger partial charge is 0.186 e. The number of benzene rings is 3. The molecule has 110 valence electrons. The lowest BCUT2D eigenvalue weighted by Crippen LogP contribution is -1.86. The molecule has 0 unspecified atom stereocenters. The lowest BCUT2D eigenvalue weighted by Gasteiger charge is -2.11. The van der Waals surface area contributed by atoms with Crippen LogP contribution in [0.3, 0.4) is 0 Å². The predicted octanol–water partition coefficient (Wildman–Crippen LogP) is 5.94. The van der Waals surface area contributed by atoms with Crippen LogP contribution in [0.5, 0.6) is 0 Å². The largest absolute Gasteiger partial charge is 0.288 e. The van der Waals surface area contributed by atoms with E-state index in [0.29, 0.717) is 5.75 Å². The molecule has 22 heavy (non-hydrogen) atoms. The Bertz CT molecular complexity index is 826. The topological polar surface area (TPSA) is 17.1 Å². The van der Waals surface area contributed by atoms with Gasteiger partial charge >= 0.3 is 0 Å². The van der Waals surface area contributed by atoms with E-state index in [0.717, 1.165) is 32.1 Å². The van der Waals surface area contributed by atoms with Gasteiger partial charge in [0.25, 0.3) is 0 Å². The Labute approximate surface area is 139 Å². The molecule has 0 aliphatic rings. The van der Waals surface area contributed by atoms with Crippen molar-refractivity contribution in [3.8, 4) is 0 Å². The number of thioether (sulfide) groups is 1. The van der Waals surface area contributed by atoms with E-state index < -0.39 is 0 Å². The number of fused-ring (bicyclic) bond motifs is 2. The van der Waals surface area contributed by atoms with E-state index in [1.807, 2.05) is 42.5 Å². The van der Waals surface area contributed by atoms with E-state index in [1.165, 1.54) is 11.8 Å². The molecule has 3 heteroatoms. The highest BCUT2D eigenvalue weighted by atomic mass is 35.5. The molecule has 3 rings (SSSR count). The van der Waals surface area contributed by atoms with Gasteiger partial charge in [0.05, 0.1) is 5.02 Å². The summed E-state index contributed by atoms with van der Waals surface area (Å²) in [5.41, 5.74) is 1.15. The van der Waals surface area contributed by atoms with Gasteiger partial charge in [-0.25, -0.2) is 0 Å². The molecule has 0 heterocycles. The Morgan fingerprint density at radius 2 is 1.50 bits per heavy atom. The summed E-state index contributed by atoms with van der Waals surface area (Å²) in [5.74, 6) is 0.681. The third-order valence-electron chi connectivity index (χ3n) is 3.57. The van der Waals surface area contributed by atoms with Crippen LogP contribution in [0.1, 0.15) is 12.5 Å². The van der Waals surface area contributed by atoms with Crippen LogP contribution in [-0.2, 0) is 4.79 Å². The van der Waals surface area contributed by atoms with Crippen molar-refractivity contribution in [3.05, 3.63) is 65.2 Å². The molecule has 0 saturated heterocycles. The van der Waals surface area contributed by atoms with Crippen molar-refractivity contribution in [3.63, 3.8) is 0 Å².